The summed E-state index contributed by atoms with van der Waals surface area (Å²) in [5.41, 5.74) is 4.59. The summed E-state index contributed by atoms with van der Waals surface area (Å²) in [6.45, 7) is 4.25. The molecule has 1 aromatic rings. The topological polar surface area (TPSA) is 96.3 Å². The van der Waals surface area contributed by atoms with Crippen LogP contribution in [0.5, 0.6) is 11.5 Å². The van der Waals surface area contributed by atoms with Crippen LogP contribution < -0.4 is 4.74 Å². The van der Waals surface area contributed by atoms with Crippen molar-refractivity contribution in [3.8, 4) is 11.5 Å². The highest BCUT2D eigenvalue weighted by Gasteiger charge is 2.58. The minimum atomic E-state index is -0.945. The highest BCUT2D eigenvalue weighted by molar-refractivity contribution is 14.1. The molecule has 4 aliphatic rings. The molecule has 40 heavy (non-hydrogen) atoms. The number of carbonyl (C=O) groups excluding carboxylic acids is 2. The summed E-state index contributed by atoms with van der Waals surface area (Å²) in [5.74, 6) is -0.245. The second kappa shape index (κ2) is 12.6. The number of rotatable bonds is 8. The monoisotopic (exact) mass is 661 g/mol. The van der Waals surface area contributed by atoms with Crippen molar-refractivity contribution in [2.75, 3.05) is 7.11 Å². The van der Waals surface area contributed by atoms with Gasteiger partial charge < -0.3 is 19.5 Å². The number of carbonyl (C=O) groups is 2. The summed E-state index contributed by atoms with van der Waals surface area (Å²) in [6.07, 6.45) is 11.1. The Morgan fingerprint density at radius 3 is 2.60 bits per heavy atom. The second-order valence-corrected chi connectivity index (χ2v) is 12.9. The first kappa shape index (κ1) is 29.6. The number of benzene rings is 1. The van der Waals surface area contributed by atoms with Crippen LogP contribution in [0.2, 0.25) is 6.32 Å². The van der Waals surface area contributed by atoms with Gasteiger partial charge in [-0.2, -0.15) is 0 Å². The molecule has 2 aliphatic carbocycles. The number of ether oxygens (including phenoxy) is 1. The summed E-state index contributed by atoms with van der Waals surface area (Å²) in [5, 5.41) is 21.0. The first-order chi connectivity index (χ1) is 19.3. The van der Waals surface area contributed by atoms with Crippen LogP contribution in [-0.2, 0) is 14.2 Å². The normalized spacial score (nSPS) is 27.8. The van der Waals surface area contributed by atoms with E-state index in [2.05, 4.69) is 42.5 Å². The van der Waals surface area contributed by atoms with Crippen LogP contribution in [0.25, 0.3) is 6.08 Å². The molecule has 2 aliphatic heterocycles. The molecule has 0 radical (unpaired) electrons. The molecule has 5 rings (SSSR count). The SMILES string of the molecule is CCC1=C2[C@@H](CC/C(=C/c3cc(I)c(O)c(OC)c3)CC)OB(O)C[C@@H]2[C@@H]2C(=O)N(C3CCCCC3)C(=O)[C@@H]2C1. The molecule has 2 saturated heterocycles. The number of hydrogen-bond acceptors (Lipinski definition) is 6. The number of aromatic hydroxyl groups is 1. The van der Waals surface area contributed by atoms with Gasteiger partial charge in [0, 0.05) is 6.04 Å². The minimum Gasteiger partial charge on any atom is -0.504 e. The number of phenolic OH excluding ortho intramolecular Hbond substituents is 1. The molecular weight excluding hydrogens is 620 g/mol. The number of imide groups is 1. The number of allylic oxidation sites excluding steroid dienone is 2. The molecule has 0 aromatic heterocycles. The van der Waals surface area contributed by atoms with Crippen molar-refractivity contribution in [1.82, 2.24) is 4.90 Å². The van der Waals surface area contributed by atoms with E-state index in [-0.39, 0.29) is 47.5 Å². The molecule has 9 heteroatoms. The van der Waals surface area contributed by atoms with Crippen molar-refractivity contribution < 1.29 is 29.1 Å². The smallest absolute Gasteiger partial charge is 0.455 e. The Kier molecular flexibility index (Phi) is 9.32. The van der Waals surface area contributed by atoms with Gasteiger partial charge in [0.1, 0.15) is 0 Å². The predicted octanol–water partition coefficient (Wildman–Crippen LogP) is 6.12. The fraction of sp³-hybridized carbons (Fsp3) is 0.613. The Bertz CT molecular complexity index is 1210. The van der Waals surface area contributed by atoms with Crippen LogP contribution >= 0.6 is 22.6 Å². The fourth-order valence-corrected chi connectivity index (χ4v) is 8.19. The third-order valence-electron chi connectivity index (χ3n) is 9.53. The fourth-order valence-electron chi connectivity index (χ4n) is 7.56. The molecule has 0 bridgehead atoms. The first-order valence-electron chi connectivity index (χ1n) is 14.9. The lowest BCUT2D eigenvalue weighted by atomic mass is 9.58. The maximum Gasteiger partial charge on any atom is 0.455 e. The number of phenols is 1. The lowest BCUT2D eigenvalue weighted by molar-refractivity contribution is -0.143. The zero-order valence-electron chi connectivity index (χ0n) is 23.8. The van der Waals surface area contributed by atoms with E-state index in [0.29, 0.717) is 24.9 Å². The predicted molar refractivity (Wildman–Crippen MR) is 164 cm³/mol. The van der Waals surface area contributed by atoms with E-state index >= 15 is 0 Å². The molecule has 2 heterocycles. The van der Waals surface area contributed by atoms with Crippen LogP contribution in [0.4, 0.5) is 0 Å². The number of halogens is 1. The third-order valence-corrected chi connectivity index (χ3v) is 10.4. The summed E-state index contributed by atoms with van der Waals surface area (Å²) in [6, 6.07) is 3.81. The zero-order chi connectivity index (χ0) is 28.6. The van der Waals surface area contributed by atoms with Gasteiger partial charge in [-0.15, -0.1) is 0 Å². The van der Waals surface area contributed by atoms with Crippen LogP contribution in [0.1, 0.15) is 83.6 Å². The van der Waals surface area contributed by atoms with E-state index in [1.807, 2.05) is 12.1 Å². The molecule has 2 N–H and O–H groups in total. The van der Waals surface area contributed by atoms with Gasteiger partial charge in [0.25, 0.3) is 0 Å². The molecule has 7 nitrogen and oxygen atoms in total. The second-order valence-electron chi connectivity index (χ2n) is 11.8. The van der Waals surface area contributed by atoms with Gasteiger partial charge in [-0.25, -0.2) is 0 Å². The van der Waals surface area contributed by atoms with Gasteiger partial charge in [-0.05, 0) is 103 Å². The Morgan fingerprint density at radius 1 is 1.18 bits per heavy atom. The zero-order valence-corrected chi connectivity index (χ0v) is 26.0. The summed E-state index contributed by atoms with van der Waals surface area (Å²) in [4.78, 5) is 29.1. The van der Waals surface area contributed by atoms with Gasteiger partial charge in [0.2, 0.25) is 11.8 Å². The van der Waals surface area contributed by atoms with Gasteiger partial charge in [0.05, 0.1) is 28.6 Å². The van der Waals surface area contributed by atoms with Crippen LogP contribution in [-0.4, -0.2) is 53.2 Å². The third kappa shape index (κ3) is 5.62. The van der Waals surface area contributed by atoms with E-state index in [1.165, 1.54) is 17.6 Å². The van der Waals surface area contributed by atoms with E-state index in [1.54, 1.807) is 12.0 Å². The number of likely N-dealkylation sites (tertiary alicyclic amines) is 1. The summed E-state index contributed by atoms with van der Waals surface area (Å²) in [7, 11) is 0.603. The Morgan fingerprint density at radius 2 is 1.93 bits per heavy atom. The summed E-state index contributed by atoms with van der Waals surface area (Å²) >= 11 is 2.11. The quantitative estimate of drug-likeness (QED) is 0.151. The van der Waals surface area contributed by atoms with Gasteiger partial charge in [0.15, 0.2) is 11.5 Å². The van der Waals surface area contributed by atoms with Crippen LogP contribution in [0.15, 0.2) is 28.9 Å². The highest BCUT2D eigenvalue weighted by atomic mass is 127. The van der Waals surface area contributed by atoms with Crippen molar-refractivity contribution in [2.45, 2.75) is 96.5 Å². The van der Waals surface area contributed by atoms with Gasteiger partial charge in [-0.1, -0.05) is 50.3 Å². The standard InChI is InChI=1S/C31H41BINO6/c1-4-18(13-19-14-24(33)29(35)26(15-19)39-3)11-12-25-27-20(5-2)16-22-28(23(27)17-32(38)40-25)31(37)34(30(22)36)21-9-7-6-8-10-21/h13-15,21-23,25,28,35,38H,4-12,16-17H2,1-3H3/b18-13+/t22-,23+,25-,28-/m1/s1. The Balaban J connectivity index is 1.39. The van der Waals surface area contributed by atoms with Crippen LogP contribution in [0, 0.1) is 21.3 Å². The minimum absolute atomic E-state index is 0.0135. The maximum absolute atomic E-state index is 13.9. The van der Waals surface area contributed by atoms with Gasteiger partial charge >= 0.3 is 7.12 Å². The van der Waals surface area contributed by atoms with Crippen LogP contribution in [0.3, 0.4) is 0 Å². The van der Waals surface area contributed by atoms with Crippen molar-refractivity contribution in [1.29, 1.82) is 0 Å². The molecule has 2 amide bonds. The van der Waals surface area contributed by atoms with E-state index in [0.717, 1.165) is 59.7 Å². The molecular formula is C31H41BINO6. The molecule has 216 valence electrons. The number of amides is 2. The summed E-state index contributed by atoms with van der Waals surface area (Å²) < 4.78 is 12.2. The largest absolute Gasteiger partial charge is 0.504 e. The number of methoxy groups -OCH3 is 1. The average molecular weight is 661 g/mol. The van der Waals surface area contributed by atoms with Crippen molar-refractivity contribution in [3.63, 3.8) is 0 Å². The molecule has 0 spiro atoms. The molecule has 1 saturated carbocycles. The lowest BCUT2D eigenvalue weighted by Gasteiger charge is -2.43. The average Bonchev–Trinajstić information content (AvgIpc) is 3.21. The van der Waals surface area contributed by atoms with Crippen molar-refractivity contribution >= 4 is 47.6 Å². The Labute approximate surface area is 251 Å². The van der Waals surface area contributed by atoms with Crippen molar-refractivity contribution in [2.24, 2.45) is 17.8 Å². The van der Waals surface area contributed by atoms with E-state index in [9.17, 15) is 19.7 Å². The van der Waals surface area contributed by atoms with E-state index in [4.69, 9.17) is 9.39 Å². The van der Waals surface area contributed by atoms with E-state index < -0.39 is 7.12 Å². The van der Waals surface area contributed by atoms with Gasteiger partial charge in [-0.3, -0.25) is 14.5 Å². The first-order valence-corrected chi connectivity index (χ1v) is 16.0. The molecule has 1 aromatic carbocycles. The number of hydrogen-bond donors (Lipinski definition) is 2. The molecule has 0 unspecified atom stereocenters. The number of fused-ring (bicyclic) bond motifs is 3. The molecule has 3 fully saturated rings. The Hall–Kier alpha value is -1.85. The number of nitrogens with zero attached hydrogens (tertiary/aromatic N) is 1. The lowest BCUT2D eigenvalue weighted by Crippen LogP contribution is -2.46. The molecule has 4 atom stereocenters. The highest BCUT2D eigenvalue weighted by Crippen LogP contribution is 2.52. The van der Waals surface area contributed by atoms with Crippen molar-refractivity contribution in [3.05, 3.63) is 38.0 Å². The maximum atomic E-state index is 13.9.